The molecular weight excluding hydrogens is 270 g/mol. The van der Waals surface area contributed by atoms with Crippen LogP contribution in [0.3, 0.4) is 0 Å². The van der Waals surface area contributed by atoms with Crippen LogP contribution in [0, 0.1) is 0 Å². The van der Waals surface area contributed by atoms with Gasteiger partial charge in [-0.15, -0.1) is 0 Å². The van der Waals surface area contributed by atoms with Crippen LogP contribution in [-0.2, 0) is 9.47 Å². The van der Waals surface area contributed by atoms with E-state index in [1.165, 1.54) is 0 Å². The first-order valence-corrected chi connectivity index (χ1v) is 7.33. The van der Waals surface area contributed by atoms with Crippen LogP contribution in [0.2, 0.25) is 0 Å². The second kappa shape index (κ2) is 9.73. The molecule has 3 N–H and O–H groups in total. The lowest BCUT2D eigenvalue weighted by Gasteiger charge is -2.16. The molecule has 5 heteroatoms. The van der Waals surface area contributed by atoms with Gasteiger partial charge in [-0.05, 0) is 31.0 Å². The summed E-state index contributed by atoms with van der Waals surface area (Å²) < 4.78 is 15.9. The van der Waals surface area contributed by atoms with E-state index in [2.05, 4.69) is 6.92 Å². The highest BCUT2D eigenvalue weighted by atomic mass is 16.5. The predicted molar refractivity (Wildman–Crippen MR) is 82.5 cm³/mol. The Hall–Kier alpha value is -1.14. The summed E-state index contributed by atoms with van der Waals surface area (Å²) in [5.41, 5.74) is 7.04. The Bertz CT molecular complexity index is 382. The van der Waals surface area contributed by atoms with Gasteiger partial charge in [0.2, 0.25) is 0 Å². The highest BCUT2D eigenvalue weighted by Crippen LogP contribution is 2.18. The first-order valence-electron chi connectivity index (χ1n) is 7.33. The van der Waals surface area contributed by atoms with E-state index >= 15 is 0 Å². The molecule has 0 heterocycles. The molecule has 3 atom stereocenters. The monoisotopic (exact) mass is 297 g/mol. The van der Waals surface area contributed by atoms with Crippen molar-refractivity contribution in [2.24, 2.45) is 5.73 Å². The minimum Gasteiger partial charge on any atom is -0.491 e. The summed E-state index contributed by atoms with van der Waals surface area (Å²) in [5.74, 6) is 0.714. The Balaban J connectivity index is 2.31. The topological polar surface area (TPSA) is 73.9 Å². The van der Waals surface area contributed by atoms with E-state index in [4.69, 9.17) is 19.9 Å². The molecule has 0 radical (unpaired) electrons. The molecule has 120 valence electrons. The molecule has 0 aliphatic carbocycles. The van der Waals surface area contributed by atoms with Crippen molar-refractivity contribution in [3.8, 4) is 5.75 Å². The van der Waals surface area contributed by atoms with Gasteiger partial charge in [-0.3, -0.25) is 0 Å². The SMILES string of the molecule is CC[C@@H](N)c1ccc(OCC(O)COC(C)COC)cc1. The maximum absolute atomic E-state index is 9.80. The van der Waals surface area contributed by atoms with Gasteiger partial charge in [-0.25, -0.2) is 0 Å². The minimum atomic E-state index is -0.665. The fourth-order valence-corrected chi connectivity index (χ4v) is 1.85. The van der Waals surface area contributed by atoms with Gasteiger partial charge in [0.1, 0.15) is 18.5 Å². The van der Waals surface area contributed by atoms with E-state index in [0.29, 0.717) is 12.4 Å². The fourth-order valence-electron chi connectivity index (χ4n) is 1.85. The number of rotatable bonds is 10. The van der Waals surface area contributed by atoms with Crippen molar-refractivity contribution < 1.29 is 19.3 Å². The number of aliphatic hydroxyl groups is 1. The van der Waals surface area contributed by atoms with Crippen LogP contribution >= 0.6 is 0 Å². The van der Waals surface area contributed by atoms with E-state index in [-0.39, 0.29) is 25.4 Å². The number of nitrogens with two attached hydrogens (primary N) is 1. The lowest BCUT2D eigenvalue weighted by molar-refractivity contribution is -0.0423. The molecule has 1 aromatic carbocycles. The second-order valence-corrected chi connectivity index (χ2v) is 5.15. The molecule has 1 aromatic rings. The Kier molecular flexibility index (Phi) is 8.30. The third-order valence-electron chi connectivity index (χ3n) is 3.16. The molecule has 2 unspecified atom stereocenters. The summed E-state index contributed by atoms with van der Waals surface area (Å²) in [5, 5.41) is 9.80. The molecule has 1 rings (SSSR count). The maximum Gasteiger partial charge on any atom is 0.119 e. The zero-order valence-corrected chi connectivity index (χ0v) is 13.1. The van der Waals surface area contributed by atoms with Crippen LogP contribution in [-0.4, -0.2) is 44.2 Å². The van der Waals surface area contributed by atoms with Crippen LogP contribution in [0.15, 0.2) is 24.3 Å². The molecule has 0 aliphatic heterocycles. The molecule has 0 saturated heterocycles. The summed E-state index contributed by atoms with van der Waals surface area (Å²) in [6, 6.07) is 7.69. The van der Waals surface area contributed by atoms with Crippen molar-refractivity contribution >= 4 is 0 Å². The van der Waals surface area contributed by atoms with Crippen LogP contribution in [0.1, 0.15) is 31.9 Å². The molecule has 5 nitrogen and oxygen atoms in total. The predicted octanol–water partition coefficient (Wildman–Crippen LogP) is 1.89. The van der Waals surface area contributed by atoms with E-state index in [1.807, 2.05) is 31.2 Å². The van der Waals surface area contributed by atoms with Gasteiger partial charge < -0.3 is 25.1 Å². The van der Waals surface area contributed by atoms with Gasteiger partial charge in [0, 0.05) is 13.2 Å². The van der Waals surface area contributed by atoms with Gasteiger partial charge in [-0.2, -0.15) is 0 Å². The summed E-state index contributed by atoms with van der Waals surface area (Å²) in [7, 11) is 1.62. The Morgan fingerprint density at radius 2 is 1.81 bits per heavy atom. The molecule has 0 spiro atoms. The molecule has 0 fully saturated rings. The van der Waals surface area contributed by atoms with Crippen molar-refractivity contribution in [2.45, 2.75) is 38.5 Å². The van der Waals surface area contributed by atoms with Gasteiger partial charge >= 0.3 is 0 Å². The first-order chi connectivity index (χ1) is 10.1. The number of ether oxygens (including phenoxy) is 3. The van der Waals surface area contributed by atoms with Gasteiger partial charge in [-0.1, -0.05) is 19.1 Å². The Morgan fingerprint density at radius 1 is 1.14 bits per heavy atom. The molecule has 0 bridgehead atoms. The van der Waals surface area contributed by atoms with Gasteiger partial charge in [0.25, 0.3) is 0 Å². The number of hydrogen-bond acceptors (Lipinski definition) is 5. The Labute approximate surface area is 127 Å². The average Bonchev–Trinajstić information content (AvgIpc) is 2.51. The van der Waals surface area contributed by atoms with Crippen LogP contribution in [0.25, 0.3) is 0 Å². The number of methoxy groups -OCH3 is 1. The smallest absolute Gasteiger partial charge is 0.119 e. The van der Waals surface area contributed by atoms with Gasteiger partial charge in [0.05, 0.1) is 19.3 Å². The molecule has 0 aliphatic rings. The fraction of sp³-hybridized carbons (Fsp3) is 0.625. The lowest BCUT2D eigenvalue weighted by atomic mass is 10.1. The summed E-state index contributed by atoms with van der Waals surface area (Å²) in [6.07, 6.45) is 0.192. The summed E-state index contributed by atoms with van der Waals surface area (Å²) in [6.45, 7) is 4.87. The third kappa shape index (κ3) is 6.91. The number of hydrogen-bond donors (Lipinski definition) is 2. The maximum atomic E-state index is 9.80. The van der Waals surface area contributed by atoms with E-state index < -0.39 is 6.10 Å². The Morgan fingerprint density at radius 3 is 2.38 bits per heavy atom. The first kappa shape index (κ1) is 17.9. The molecule has 21 heavy (non-hydrogen) atoms. The highest BCUT2D eigenvalue weighted by Gasteiger charge is 2.09. The van der Waals surface area contributed by atoms with Crippen molar-refractivity contribution in [3.05, 3.63) is 29.8 Å². The number of benzene rings is 1. The normalized spacial score (nSPS) is 15.5. The van der Waals surface area contributed by atoms with E-state index in [9.17, 15) is 5.11 Å². The molecule has 0 aromatic heterocycles. The zero-order valence-electron chi connectivity index (χ0n) is 13.1. The third-order valence-corrected chi connectivity index (χ3v) is 3.16. The standard InChI is InChI=1S/C16H27NO4/c1-4-16(17)13-5-7-15(8-6-13)21-11-14(18)10-20-12(2)9-19-3/h5-8,12,14,16,18H,4,9-11,17H2,1-3H3/t12?,14?,16-/m1/s1. The van der Waals surface area contributed by atoms with Crippen molar-refractivity contribution in [2.75, 3.05) is 26.9 Å². The number of aliphatic hydroxyl groups excluding tert-OH is 1. The highest BCUT2D eigenvalue weighted by molar-refractivity contribution is 5.28. The van der Waals surface area contributed by atoms with E-state index in [1.54, 1.807) is 7.11 Å². The molecule has 0 amide bonds. The van der Waals surface area contributed by atoms with Crippen LogP contribution in [0.5, 0.6) is 5.75 Å². The summed E-state index contributed by atoms with van der Waals surface area (Å²) in [4.78, 5) is 0. The van der Waals surface area contributed by atoms with Gasteiger partial charge in [0.15, 0.2) is 0 Å². The zero-order chi connectivity index (χ0) is 15.7. The lowest BCUT2D eigenvalue weighted by Crippen LogP contribution is -2.27. The van der Waals surface area contributed by atoms with Crippen LogP contribution < -0.4 is 10.5 Å². The average molecular weight is 297 g/mol. The summed E-state index contributed by atoms with van der Waals surface area (Å²) >= 11 is 0. The van der Waals surface area contributed by atoms with E-state index in [0.717, 1.165) is 12.0 Å². The minimum absolute atomic E-state index is 0.0422. The molecule has 0 saturated carbocycles. The van der Waals surface area contributed by atoms with Crippen molar-refractivity contribution in [1.29, 1.82) is 0 Å². The quantitative estimate of drug-likeness (QED) is 0.690. The second-order valence-electron chi connectivity index (χ2n) is 5.15. The van der Waals surface area contributed by atoms with Crippen LogP contribution in [0.4, 0.5) is 0 Å². The van der Waals surface area contributed by atoms with Crippen molar-refractivity contribution in [1.82, 2.24) is 0 Å². The van der Waals surface area contributed by atoms with Crippen molar-refractivity contribution in [3.63, 3.8) is 0 Å². The largest absolute Gasteiger partial charge is 0.491 e. The molecular formula is C16H27NO4.